The maximum Gasteiger partial charge on any atom is 0.113 e. The molecule has 0 spiro atoms. The first-order valence-corrected chi connectivity index (χ1v) is 7.46. The molecule has 2 aliphatic heterocycles. The van der Waals surface area contributed by atoms with E-state index >= 15 is 0 Å². The highest BCUT2D eigenvalue weighted by molar-refractivity contribution is 5.16. The summed E-state index contributed by atoms with van der Waals surface area (Å²) in [6, 6.07) is 0.671. The van der Waals surface area contributed by atoms with E-state index in [9.17, 15) is 0 Å². The molecule has 100 valence electrons. The topological polar surface area (TPSA) is 21.1 Å². The summed E-state index contributed by atoms with van der Waals surface area (Å²) in [4.78, 5) is 7.34. The van der Waals surface area contributed by atoms with E-state index in [2.05, 4.69) is 36.4 Å². The van der Waals surface area contributed by atoms with Crippen LogP contribution in [0.4, 0.5) is 0 Å². The second kappa shape index (κ2) is 4.69. The van der Waals surface area contributed by atoms with Gasteiger partial charge in [0.15, 0.2) is 0 Å². The molecular formula is C15H25N3. The standard InChI is InChI=1S/C15H25N3/c1-11(2)17-8-6-13(10-17)15-16-9-14-12(3)5-4-7-18(14)15/h9,11-13H,4-8,10H2,1-3H3. The van der Waals surface area contributed by atoms with Gasteiger partial charge in [-0.15, -0.1) is 0 Å². The molecule has 1 aromatic heterocycles. The van der Waals surface area contributed by atoms with Gasteiger partial charge in [-0.3, -0.25) is 0 Å². The second-order valence-electron chi connectivity index (χ2n) is 6.31. The molecule has 1 saturated heterocycles. The van der Waals surface area contributed by atoms with E-state index < -0.39 is 0 Å². The number of hydrogen-bond donors (Lipinski definition) is 0. The maximum atomic E-state index is 4.76. The van der Waals surface area contributed by atoms with Crippen molar-refractivity contribution in [2.75, 3.05) is 13.1 Å². The highest BCUT2D eigenvalue weighted by Gasteiger charge is 2.30. The molecule has 3 heteroatoms. The highest BCUT2D eigenvalue weighted by Crippen LogP contribution is 2.33. The zero-order chi connectivity index (χ0) is 12.7. The Morgan fingerprint density at radius 1 is 1.28 bits per heavy atom. The average Bonchev–Trinajstić information content (AvgIpc) is 2.94. The van der Waals surface area contributed by atoms with Crippen molar-refractivity contribution >= 4 is 0 Å². The lowest BCUT2D eigenvalue weighted by Gasteiger charge is -2.24. The van der Waals surface area contributed by atoms with E-state index in [0.717, 1.165) is 0 Å². The summed E-state index contributed by atoms with van der Waals surface area (Å²) in [5, 5.41) is 0. The number of rotatable bonds is 2. The molecule has 3 heterocycles. The molecule has 0 bridgehead atoms. The lowest BCUT2D eigenvalue weighted by molar-refractivity contribution is 0.271. The summed E-state index contributed by atoms with van der Waals surface area (Å²) in [5.74, 6) is 2.72. The zero-order valence-electron chi connectivity index (χ0n) is 11.9. The van der Waals surface area contributed by atoms with Gasteiger partial charge in [0.1, 0.15) is 5.82 Å². The second-order valence-corrected chi connectivity index (χ2v) is 6.31. The molecule has 1 aromatic rings. The van der Waals surface area contributed by atoms with Crippen LogP contribution in [-0.2, 0) is 6.54 Å². The Hall–Kier alpha value is -0.830. The van der Waals surface area contributed by atoms with Crippen molar-refractivity contribution in [2.24, 2.45) is 0 Å². The Labute approximate surface area is 110 Å². The fourth-order valence-electron chi connectivity index (χ4n) is 3.54. The highest BCUT2D eigenvalue weighted by atomic mass is 15.2. The van der Waals surface area contributed by atoms with Crippen LogP contribution in [0, 0.1) is 0 Å². The van der Waals surface area contributed by atoms with Crippen molar-refractivity contribution in [3.63, 3.8) is 0 Å². The Bertz CT molecular complexity index is 421. The number of nitrogens with zero attached hydrogens (tertiary/aromatic N) is 3. The molecule has 2 aliphatic rings. The molecule has 2 unspecified atom stereocenters. The molecule has 18 heavy (non-hydrogen) atoms. The monoisotopic (exact) mass is 247 g/mol. The molecule has 2 atom stereocenters. The number of likely N-dealkylation sites (tertiary alicyclic amines) is 1. The summed E-state index contributed by atoms with van der Waals surface area (Å²) < 4.78 is 2.52. The summed E-state index contributed by atoms with van der Waals surface area (Å²) in [6.07, 6.45) is 6.06. The van der Waals surface area contributed by atoms with Crippen LogP contribution in [-0.4, -0.2) is 33.6 Å². The van der Waals surface area contributed by atoms with Gasteiger partial charge in [-0.05, 0) is 45.6 Å². The van der Waals surface area contributed by atoms with Crippen molar-refractivity contribution < 1.29 is 0 Å². The van der Waals surface area contributed by atoms with E-state index in [1.165, 1.54) is 50.4 Å². The molecule has 0 aromatic carbocycles. The minimum atomic E-state index is 0.659. The Kier molecular flexibility index (Phi) is 3.18. The van der Waals surface area contributed by atoms with Gasteiger partial charge >= 0.3 is 0 Å². The first kappa shape index (κ1) is 12.2. The molecule has 3 nitrogen and oxygen atoms in total. The molecular weight excluding hydrogens is 222 g/mol. The smallest absolute Gasteiger partial charge is 0.113 e. The van der Waals surface area contributed by atoms with Gasteiger partial charge in [0.05, 0.1) is 0 Å². The molecule has 0 saturated carbocycles. The number of imidazole rings is 1. The lowest BCUT2D eigenvalue weighted by atomic mass is 9.98. The fraction of sp³-hybridized carbons (Fsp3) is 0.800. The van der Waals surface area contributed by atoms with E-state index in [-0.39, 0.29) is 0 Å². The molecule has 0 N–H and O–H groups in total. The van der Waals surface area contributed by atoms with Gasteiger partial charge in [-0.25, -0.2) is 4.98 Å². The number of fused-ring (bicyclic) bond motifs is 1. The minimum absolute atomic E-state index is 0.659. The van der Waals surface area contributed by atoms with Gasteiger partial charge in [-0.1, -0.05) is 6.92 Å². The normalized spacial score (nSPS) is 28.9. The zero-order valence-corrected chi connectivity index (χ0v) is 11.9. The third-order valence-electron chi connectivity index (χ3n) is 4.76. The Morgan fingerprint density at radius 2 is 2.11 bits per heavy atom. The van der Waals surface area contributed by atoms with Crippen molar-refractivity contribution in [3.05, 3.63) is 17.7 Å². The summed E-state index contributed by atoms with van der Waals surface area (Å²) in [6.45, 7) is 10.6. The molecule has 0 aliphatic carbocycles. The van der Waals surface area contributed by atoms with Gasteiger partial charge in [0, 0.05) is 36.9 Å². The third kappa shape index (κ3) is 1.99. The number of aromatic nitrogens is 2. The third-order valence-corrected chi connectivity index (χ3v) is 4.76. The van der Waals surface area contributed by atoms with Crippen LogP contribution in [0.25, 0.3) is 0 Å². The van der Waals surface area contributed by atoms with Gasteiger partial charge in [0.2, 0.25) is 0 Å². The van der Waals surface area contributed by atoms with Gasteiger partial charge < -0.3 is 9.47 Å². The predicted octanol–water partition coefficient (Wildman–Crippen LogP) is 2.98. The van der Waals surface area contributed by atoms with Crippen LogP contribution in [0.1, 0.15) is 63.4 Å². The average molecular weight is 247 g/mol. The van der Waals surface area contributed by atoms with Crippen molar-refractivity contribution in [3.8, 4) is 0 Å². The van der Waals surface area contributed by atoms with E-state index in [1.807, 2.05) is 0 Å². The summed E-state index contributed by atoms with van der Waals surface area (Å²) in [5.41, 5.74) is 1.47. The van der Waals surface area contributed by atoms with Crippen LogP contribution in [0.3, 0.4) is 0 Å². The first-order chi connectivity index (χ1) is 8.66. The molecule has 3 rings (SSSR count). The van der Waals surface area contributed by atoms with Crippen LogP contribution in [0.5, 0.6) is 0 Å². The van der Waals surface area contributed by atoms with Crippen molar-refractivity contribution in [1.82, 2.24) is 14.5 Å². The van der Waals surface area contributed by atoms with Crippen LogP contribution >= 0.6 is 0 Å². The van der Waals surface area contributed by atoms with Crippen molar-refractivity contribution in [1.29, 1.82) is 0 Å². The molecule has 0 radical (unpaired) electrons. The summed E-state index contributed by atoms with van der Waals surface area (Å²) >= 11 is 0. The lowest BCUT2D eigenvalue weighted by Crippen LogP contribution is -2.28. The van der Waals surface area contributed by atoms with E-state index in [0.29, 0.717) is 17.9 Å². The van der Waals surface area contributed by atoms with E-state index in [1.54, 1.807) is 0 Å². The first-order valence-electron chi connectivity index (χ1n) is 7.46. The van der Waals surface area contributed by atoms with Crippen LogP contribution in [0.15, 0.2) is 6.20 Å². The van der Waals surface area contributed by atoms with Crippen LogP contribution < -0.4 is 0 Å². The minimum Gasteiger partial charge on any atom is -0.332 e. The number of hydrogen-bond acceptors (Lipinski definition) is 2. The van der Waals surface area contributed by atoms with Gasteiger partial charge in [-0.2, -0.15) is 0 Å². The van der Waals surface area contributed by atoms with Crippen molar-refractivity contribution in [2.45, 2.75) is 64.5 Å². The SMILES string of the molecule is CC1CCCn2c1cnc2C1CCN(C(C)C)C1. The predicted molar refractivity (Wildman–Crippen MR) is 73.9 cm³/mol. The fourth-order valence-corrected chi connectivity index (χ4v) is 3.54. The maximum absolute atomic E-state index is 4.76. The van der Waals surface area contributed by atoms with Gasteiger partial charge in [0.25, 0.3) is 0 Å². The molecule has 1 fully saturated rings. The summed E-state index contributed by atoms with van der Waals surface area (Å²) in [7, 11) is 0. The Morgan fingerprint density at radius 3 is 2.83 bits per heavy atom. The Balaban J connectivity index is 1.82. The molecule has 0 amide bonds. The van der Waals surface area contributed by atoms with Crippen LogP contribution in [0.2, 0.25) is 0 Å². The van der Waals surface area contributed by atoms with E-state index in [4.69, 9.17) is 4.98 Å². The largest absolute Gasteiger partial charge is 0.332 e. The quantitative estimate of drug-likeness (QED) is 0.801.